The number of ether oxygens (including phenoxy) is 1. The Bertz CT molecular complexity index is 1120. The van der Waals surface area contributed by atoms with E-state index in [-0.39, 0.29) is 6.04 Å². The fourth-order valence-corrected chi connectivity index (χ4v) is 2.94. The van der Waals surface area contributed by atoms with Gasteiger partial charge in [0.2, 0.25) is 0 Å². The Morgan fingerprint density at radius 2 is 1.89 bits per heavy atom. The molecule has 6 heteroatoms. The lowest BCUT2D eigenvalue weighted by Crippen LogP contribution is -2.13. The lowest BCUT2D eigenvalue weighted by atomic mass is 10.1. The van der Waals surface area contributed by atoms with Gasteiger partial charge in [0.1, 0.15) is 11.3 Å². The number of carbonyl (C=O) groups is 1. The molecule has 2 aromatic carbocycles. The fourth-order valence-electron chi connectivity index (χ4n) is 2.94. The van der Waals surface area contributed by atoms with Gasteiger partial charge in [0.25, 0.3) is 0 Å². The maximum absolute atomic E-state index is 11.8. The van der Waals surface area contributed by atoms with Crippen LogP contribution in [-0.2, 0) is 4.74 Å². The highest BCUT2D eigenvalue weighted by atomic mass is 16.5. The number of hydrogen-bond acceptors (Lipinski definition) is 6. The molecule has 0 spiro atoms. The summed E-state index contributed by atoms with van der Waals surface area (Å²) in [6.45, 7) is 4.05. The number of esters is 1. The van der Waals surface area contributed by atoms with Crippen molar-refractivity contribution in [2.75, 3.05) is 12.4 Å². The lowest BCUT2D eigenvalue weighted by Gasteiger charge is -2.13. The molecule has 0 aliphatic heterocycles. The van der Waals surface area contributed by atoms with Gasteiger partial charge in [-0.2, -0.15) is 0 Å². The summed E-state index contributed by atoms with van der Waals surface area (Å²) in [6.07, 6.45) is 0. The molecule has 0 fully saturated rings. The Kier molecular flexibility index (Phi) is 4.24. The van der Waals surface area contributed by atoms with Gasteiger partial charge >= 0.3 is 5.97 Å². The summed E-state index contributed by atoms with van der Waals surface area (Å²) < 4.78 is 10.8. The number of carbonyl (C=O) groups excluding carboxylic acids is 1. The molecule has 27 heavy (non-hydrogen) atoms. The van der Waals surface area contributed by atoms with Crippen LogP contribution in [0.15, 0.2) is 52.9 Å². The first kappa shape index (κ1) is 17.0. The third-order valence-corrected chi connectivity index (χ3v) is 4.17. The average Bonchev–Trinajstić information content (AvgIpc) is 3.09. The van der Waals surface area contributed by atoms with Crippen molar-refractivity contribution in [3.05, 3.63) is 54.1 Å². The zero-order chi connectivity index (χ0) is 19.0. The average molecular weight is 361 g/mol. The van der Waals surface area contributed by atoms with Crippen LogP contribution in [0, 0.1) is 0 Å². The molecule has 0 atom stereocenters. The van der Waals surface area contributed by atoms with Gasteiger partial charge in [0.05, 0.1) is 23.7 Å². The second kappa shape index (κ2) is 6.72. The van der Waals surface area contributed by atoms with Crippen molar-refractivity contribution >= 4 is 33.8 Å². The minimum atomic E-state index is -0.404. The SMILES string of the molecule is COC(=O)c1ccc2nc(-c3cc4ccccc4o3)c(NC(C)C)nc2c1. The number of methoxy groups -OCH3 is 1. The van der Waals surface area contributed by atoms with Crippen molar-refractivity contribution in [2.24, 2.45) is 0 Å². The maximum Gasteiger partial charge on any atom is 0.337 e. The molecule has 4 rings (SSSR count). The summed E-state index contributed by atoms with van der Waals surface area (Å²) in [5.41, 5.74) is 3.16. The van der Waals surface area contributed by atoms with Crippen molar-refractivity contribution in [3.63, 3.8) is 0 Å². The molecule has 0 saturated heterocycles. The summed E-state index contributed by atoms with van der Waals surface area (Å²) in [7, 11) is 1.36. The van der Waals surface area contributed by atoms with Crippen LogP contribution in [0.25, 0.3) is 33.5 Å². The van der Waals surface area contributed by atoms with Crippen molar-refractivity contribution in [2.45, 2.75) is 19.9 Å². The molecule has 0 radical (unpaired) electrons. The van der Waals surface area contributed by atoms with E-state index in [9.17, 15) is 4.79 Å². The zero-order valence-corrected chi connectivity index (χ0v) is 15.3. The molecular weight excluding hydrogens is 342 g/mol. The molecule has 0 bridgehead atoms. The van der Waals surface area contributed by atoms with E-state index >= 15 is 0 Å². The third kappa shape index (κ3) is 3.21. The maximum atomic E-state index is 11.8. The number of rotatable bonds is 4. The van der Waals surface area contributed by atoms with Crippen molar-refractivity contribution < 1.29 is 13.9 Å². The third-order valence-electron chi connectivity index (χ3n) is 4.17. The van der Waals surface area contributed by atoms with Crippen LogP contribution in [0.5, 0.6) is 0 Å². The summed E-state index contributed by atoms with van der Waals surface area (Å²) >= 11 is 0. The van der Waals surface area contributed by atoms with Crippen molar-refractivity contribution in [3.8, 4) is 11.5 Å². The molecule has 4 aromatic rings. The van der Waals surface area contributed by atoms with Crippen LogP contribution in [0.1, 0.15) is 24.2 Å². The van der Waals surface area contributed by atoms with E-state index in [2.05, 4.69) is 5.32 Å². The van der Waals surface area contributed by atoms with E-state index in [1.165, 1.54) is 7.11 Å². The van der Waals surface area contributed by atoms with E-state index < -0.39 is 5.97 Å². The quantitative estimate of drug-likeness (QED) is 0.533. The Morgan fingerprint density at radius 1 is 1.07 bits per heavy atom. The molecule has 0 amide bonds. The van der Waals surface area contributed by atoms with Gasteiger partial charge in [-0.25, -0.2) is 14.8 Å². The topological polar surface area (TPSA) is 77.2 Å². The highest BCUT2D eigenvalue weighted by Gasteiger charge is 2.17. The minimum absolute atomic E-state index is 0.156. The number of benzene rings is 2. The molecule has 2 heterocycles. The number of nitrogens with one attached hydrogen (secondary N) is 1. The first-order valence-corrected chi connectivity index (χ1v) is 8.71. The number of para-hydroxylation sites is 1. The number of furan rings is 1. The fraction of sp³-hybridized carbons (Fsp3) is 0.190. The summed E-state index contributed by atoms with van der Waals surface area (Å²) in [6, 6.07) is 15.1. The molecule has 0 aliphatic rings. The Balaban J connectivity index is 1.90. The molecule has 0 unspecified atom stereocenters. The largest absolute Gasteiger partial charge is 0.465 e. The van der Waals surface area contributed by atoms with Gasteiger partial charge in [-0.15, -0.1) is 0 Å². The van der Waals surface area contributed by atoms with Crippen LogP contribution < -0.4 is 5.32 Å². The molecule has 0 aliphatic carbocycles. The number of anilines is 1. The summed E-state index contributed by atoms with van der Waals surface area (Å²) in [5.74, 6) is 0.850. The molecule has 0 saturated carbocycles. The minimum Gasteiger partial charge on any atom is -0.465 e. The highest BCUT2D eigenvalue weighted by molar-refractivity contribution is 5.94. The normalized spacial score (nSPS) is 11.3. The van der Waals surface area contributed by atoms with Gasteiger partial charge in [0.15, 0.2) is 11.6 Å². The summed E-state index contributed by atoms with van der Waals surface area (Å²) in [4.78, 5) is 21.3. The second-order valence-corrected chi connectivity index (χ2v) is 6.56. The lowest BCUT2D eigenvalue weighted by molar-refractivity contribution is 0.0601. The van der Waals surface area contributed by atoms with Crippen LogP contribution >= 0.6 is 0 Å². The number of aromatic nitrogens is 2. The Labute approximate surface area is 156 Å². The van der Waals surface area contributed by atoms with E-state index in [0.29, 0.717) is 33.9 Å². The highest BCUT2D eigenvalue weighted by Crippen LogP contribution is 2.32. The predicted molar refractivity (Wildman–Crippen MR) is 105 cm³/mol. The molecule has 6 nitrogen and oxygen atoms in total. The van der Waals surface area contributed by atoms with Crippen LogP contribution in [-0.4, -0.2) is 29.1 Å². The van der Waals surface area contributed by atoms with E-state index in [1.54, 1.807) is 18.2 Å². The van der Waals surface area contributed by atoms with Crippen LogP contribution in [0.2, 0.25) is 0 Å². The predicted octanol–water partition coefficient (Wildman–Crippen LogP) is 4.65. The molecule has 2 aromatic heterocycles. The van der Waals surface area contributed by atoms with Gasteiger partial charge in [0, 0.05) is 11.4 Å². The second-order valence-electron chi connectivity index (χ2n) is 6.56. The van der Waals surface area contributed by atoms with Gasteiger partial charge in [-0.1, -0.05) is 18.2 Å². The standard InChI is InChI=1S/C21H19N3O3/c1-12(2)22-20-19(18-11-13-6-4-5-7-17(13)27-18)23-15-9-8-14(21(25)26-3)10-16(15)24-20/h4-12H,1-3H3,(H,22,24). The smallest absolute Gasteiger partial charge is 0.337 e. The van der Waals surface area contributed by atoms with E-state index in [0.717, 1.165) is 11.0 Å². The first-order valence-electron chi connectivity index (χ1n) is 8.71. The summed E-state index contributed by atoms with van der Waals surface area (Å²) in [5, 5.41) is 4.33. The van der Waals surface area contributed by atoms with Gasteiger partial charge in [-0.05, 0) is 44.2 Å². The molecule has 1 N–H and O–H groups in total. The van der Waals surface area contributed by atoms with E-state index in [1.807, 2.05) is 44.2 Å². The van der Waals surface area contributed by atoms with Gasteiger partial charge in [-0.3, -0.25) is 0 Å². The number of hydrogen-bond donors (Lipinski definition) is 1. The van der Waals surface area contributed by atoms with Crippen molar-refractivity contribution in [1.29, 1.82) is 0 Å². The Morgan fingerprint density at radius 3 is 2.63 bits per heavy atom. The molecular formula is C21H19N3O3. The number of nitrogens with zero attached hydrogens (tertiary/aromatic N) is 2. The van der Waals surface area contributed by atoms with E-state index in [4.69, 9.17) is 19.1 Å². The molecule has 136 valence electrons. The number of fused-ring (bicyclic) bond motifs is 2. The van der Waals surface area contributed by atoms with Crippen molar-refractivity contribution in [1.82, 2.24) is 9.97 Å². The monoisotopic (exact) mass is 361 g/mol. The van der Waals surface area contributed by atoms with Gasteiger partial charge < -0.3 is 14.5 Å². The first-order chi connectivity index (χ1) is 13.0. The van der Waals surface area contributed by atoms with Crippen LogP contribution in [0.3, 0.4) is 0 Å². The Hall–Kier alpha value is -3.41. The zero-order valence-electron chi connectivity index (χ0n) is 15.3. The van der Waals surface area contributed by atoms with Crippen LogP contribution in [0.4, 0.5) is 5.82 Å².